The number of nitrogens with one attached hydrogen (secondary N) is 1. The van der Waals surface area contributed by atoms with Crippen molar-refractivity contribution in [3.05, 3.63) is 29.8 Å². The first-order valence-electron chi connectivity index (χ1n) is 7.56. The predicted molar refractivity (Wildman–Crippen MR) is 77.8 cm³/mol. The molecule has 0 saturated carbocycles. The molecule has 4 heteroatoms. The van der Waals surface area contributed by atoms with Crippen LogP contribution in [0.2, 0.25) is 0 Å². The number of phenols is 1. The zero-order valence-corrected chi connectivity index (χ0v) is 11.7. The lowest BCUT2D eigenvalue weighted by Gasteiger charge is -2.35. The largest absolute Gasteiger partial charge is 0.508 e. The number of hydrogen-bond acceptors (Lipinski definition) is 3. The number of carbonyl (C=O) groups excluding carboxylic acids is 1. The van der Waals surface area contributed by atoms with Crippen molar-refractivity contribution in [3.8, 4) is 5.75 Å². The SMILES string of the molecule is O=C(c1cccc(O)c1)N1CCC(C2CCCN2)CC1. The Labute approximate surface area is 119 Å². The molecule has 2 aliphatic heterocycles. The highest BCUT2D eigenvalue weighted by Crippen LogP contribution is 2.26. The predicted octanol–water partition coefficient (Wildman–Crippen LogP) is 2.00. The zero-order valence-electron chi connectivity index (χ0n) is 11.7. The van der Waals surface area contributed by atoms with Crippen LogP contribution in [0.1, 0.15) is 36.0 Å². The van der Waals surface area contributed by atoms with Crippen molar-refractivity contribution in [2.45, 2.75) is 31.7 Å². The number of phenolic OH excluding ortho intramolecular Hbond substituents is 1. The molecule has 2 aliphatic rings. The third-order valence-electron chi connectivity index (χ3n) is 4.59. The standard InChI is InChI=1S/C16H22N2O2/c19-14-4-1-3-13(11-14)16(20)18-9-6-12(7-10-18)15-5-2-8-17-15/h1,3-4,11-12,15,17,19H,2,5-10H2. The molecular formula is C16H22N2O2. The van der Waals surface area contributed by atoms with E-state index in [2.05, 4.69) is 5.32 Å². The zero-order chi connectivity index (χ0) is 13.9. The second-order valence-electron chi connectivity index (χ2n) is 5.88. The van der Waals surface area contributed by atoms with Gasteiger partial charge in [0.05, 0.1) is 0 Å². The van der Waals surface area contributed by atoms with Crippen molar-refractivity contribution < 1.29 is 9.90 Å². The molecule has 1 aromatic carbocycles. The lowest BCUT2D eigenvalue weighted by atomic mass is 9.88. The van der Waals surface area contributed by atoms with Crippen LogP contribution in [-0.2, 0) is 0 Å². The maximum Gasteiger partial charge on any atom is 0.253 e. The fourth-order valence-electron chi connectivity index (χ4n) is 3.44. The minimum atomic E-state index is 0.0405. The van der Waals surface area contributed by atoms with Crippen molar-refractivity contribution in [2.24, 2.45) is 5.92 Å². The number of nitrogens with zero attached hydrogens (tertiary/aromatic N) is 1. The summed E-state index contributed by atoms with van der Waals surface area (Å²) in [5.74, 6) is 0.908. The Kier molecular flexibility index (Phi) is 3.92. The fourth-order valence-corrected chi connectivity index (χ4v) is 3.44. The van der Waals surface area contributed by atoms with Gasteiger partial charge >= 0.3 is 0 Å². The number of amides is 1. The van der Waals surface area contributed by atoms with Crippen LogP contribution in [0.5, 0.6) is 5.75 Å². The summed E-state index contributed by atoms with van der Waals surface area (Å²) < 4.78 is 0. The van der Waals surface area contributed by atoms with Crippen molar-refractivity contribution in [1.82, 2.24) is 10.2 Å². The summed E-state index contributed by atoms with van der Waals surface area (Å²) in [6, 6.07) is 7.29. The van der Waals surface area contributed by atoms with Crippen LogP contribution in [0.3, 0.4) is 0 Å². The van der Waals surface area contributed by atoms with Crippen LogP contribution in [0.4, 0.5) is 0 Å². The molecule has 108 valence electrons. The molecule has 1 amide bonds. The Hall–Kier alpha value is -1.55. The minimum absolute atomic E-state index is 0.0405. The molecule has 0 radical (unpaired) electrons. The molecule has 2 saturated heterocycles. The van der Waals surface area contributed by atoms with E-state index in [-0.39, 0.29) is 11.7 Å². The number of likely N-dealkylation sites (tertiary alicyclic amines) is 1. The van der Waals surface area contributed by atoms with Gasteiger partial charge in [0, 0.05) is 24.7 Å². The number of benzene rings is 1. The Morgan fingerprint density at radius 2 is 2.05 bits per heavy atom. The van der Waals surface area contributed by atoms with E-state index in [4.69, 9.17) is 0 Å². The summed E-state index contributed by atoms with van der Waals surface area (Å²) in [5.41, 5.74) is 0.586. The molecule has 1 aromatic rings. The third-order valence-corrected chi connectivity index (χ3v) is 4.59. The van der Waals surface area contributed by atoms with Crippen molar-refractivity contribution in [1.29, 1.82) is 0 Å². The second-order valence-corrected chi connectivity index (χ2v) is 5.88. The van der Waals surface area contributed by atoms with Gasteiger partial charge in [0.2, 0.25) is 0 Å². The molecule has 20 heavy (non-hydrogen) atoms. The fraction of sp³-hybridized carbons (Fsp3) is 0.562. The van der Waals surface area contributed by atoms with E-state index in [1.54, 1.807) is 24.3 Å². The van der Waals surface area contributed by atoms with Crippen LogP contribution in [-0.4, -0.2) is 41.6 Å². The van der Waals surface area contributed by atoms with Crippen LogP contribution >= 0.6 is 0 Å². The molecule has 1 atom stereocenters. The molecule has 2 N–H and O–H groups in total. The molecule has 0 aromatic heterocycles. The summed E-state index contributed by atoms with van der Waals surface area (Å²) in [6.45, 7) is 2.81. The summed E-state index contributed by atoms with van der Waals surface area (Å²) in [6.07, 6.45) is 4.74. The molecule has 3 rings (SSSR count). The van der Waals surface area contributed by atoms with E-state index in [1.165, 1.54) is 12.8 Å². The Balaban J connectivity index is 1.58. The Morgan fingerprint density at radius 3 is 2.70 bits per heavy atom. The summed E-state index contributed by atoms with van der Waals surface area (Å²) in [4.78, 5) is 14.3. The van der Waals surface area contributed by atoms with Gasteiger partial charge in [-0.05, 0) is 56.3 Å². The van der Waals surface area contributed by atoms with Gasteiger partial charge in [0.1, 0.15) is 5.75 Å². The first-order chi connectivity index (χ1) is 9.74. The second kappa shape index (κ2) is 5.83. The monoisotopic (exact) mass is 274 g/mol. The van der Waals surface area contributed by atoms with Gasteiger partial charge < -0.3 is 15.3 Å². The quantitative estimate of drug-likeness (QED) is 0.867. The van der Waals surface area contributed by atoms with Crippen LogP contribution in [0.15, 0.2) is 24.3 Å². The normalized spacial score (nSPS) is 24.0. The first kappa shape index (κ1) is 13.4. The van der Waals surface area contributed by atoms with E-state index in [1.807, 2.05) is 4.90 Å². The topological polar surface area (TPSA) is 52.6 Å². The van der Waals surface area contributed by atoms with E-state index >= 15 is 0 Å². The molecular weight excluding hydrogens is 252 g/mol. The lowest BCUT2D eigenvalue weighted by molar-refractivity contribution is 0.0674. The summed E-state index contributed by atoms with van der Waals surface area (Å²) >= 11 is 0. The van der Waals surface area contributed by atoms with Gasteiger partial charge in [-0.25, -0.2) is 0 Å². The Bertz CT molecular complexity index is 475. The maximum atomic E-state index is 12.4. The average Bonchev–Trinajstić information content (AvgIpc) is 3.01. The smallest absolute Gasteiger partial charge is 0.253 e. The number of rotatable bonds is 2. The van der Waals surface area contributed by atoms with Gasteiger partial charge in [-0.2, -0.15) is 0 Å². The number of carbonyl (C=O) groups is 1. The van der Waals surface area contributed by atoms with Crippen molar-refractivity contribution in [2.75, 3.05) is 19.6 Å². The average molecular weight is 274 g/mol. The van der Waals surface area contributed by atoms with E-state index in [0.29, 0.717) is 17.5 Å². The summed E-state index contributed by atoms with van der Waals surface area (Å²) in [5, 5.41) is 13.0. The Morgan fingerprint density at radius 1 is 1.25 bits per heavy atom. The summed E-state index contributed by atoms with van der Waals surface area (Å²) in [7, 11) is 0. The van der Waals surface area contributed by atoms with Crippen molar-refractivity contribution in [3.63, 3.8) is 0 Å². The maximum absolute atomic E-state index is 12.4. The highest BCUT2D eigenvalue weighted by Gasteiger charge is 2.30. The highest BCUT2D eigenvalue weighted by atomic mass is 16.3. The lowest BCUT2D eigenvalue weighted by Crippen LogP contribution is -2.43. The van der Waals surface area contributed by atoms with Gasteiger partial charge in [0.25, 0.3) is 5.91 Å². The number of piperidine rings is 1. The van der Waals surface area contributed by atoms with Crippen molar-refractivity contribution >= 4 is 5.91 Å². The molecule has 0 aliphatic carbocycles. The van der Waals surface area contributed by atoms with Gasteiger partial charge in [-0.3, -0.25) is 4.79 Å². The molecule has 2 heterocycles. The molecule has 1 unspecified atom stereocenters. The minimum Gasteiger partial charge on any atom is -0.508 e. The van der Waals surface area contributed by atoms with Crippen LogP contribution in [0.25, 0.3) is 0 Å². The van der Waals surface area contributed by atoms with Gasteiger partial charge in [-0.1, -0.05) is 6.07 Å². The molecule has 2 fully saturated rings. The molecule has 0 spiro atoms. The third kappa shape index (κ3) is 2.80. The number of hydrogen-bond donors (Lipinski definition) is 2. The van der Waals surface area contributed by atoms with Gasteiger partial charge in [0.15, 0.2) is 0 Å². The van der Waals surface area contributed by atoms with E-state index in [9.17, 15) is 9.90 Å². The molecule has 0 bridgehead atoms. The number of aromatic hydroxyl groups is 1. The highest BCUT2D eigenvalue weighted by molar-refractivity contribution is 5.94. The van der Waals surface area contributed by atoms with Crippen LogP contribution < -0.4 is 5.32 Å². The van der Waals surface area contributed by atoms with Crippen LogP contribution in [0, 0.1) is 5.92 Å². The van der Waals surface area contributed by atoms with E-state index in [0.717, 1.165) is 32.5 Å². The molecule has 4 nitrogen and oxygen atoms in total. The first-order valence-corrected chi connectivity index (χ1v) is 7.56. The van der Waals surface area contributed by atoms with Gasteiger partial charge in [-0.15, -0.1) is 0 Å². The van der Waals surface area contributed by atoms with E-state index < -0.39 is 0 Å².